The topological polar surface area (TPSA) is 37.3 Å². The maximum atomic E-state index is 10.3. The highest BCUT2D eigenvalue weighted by molar-refractivity contribution is 6.40. The van der Waals surface area contributed by atoms with E-state index in [1.165, 1.54) is 6.08 Å². The molecule has 0 aliphatic heterocycles. The highest BCUT2D eigenvalue weighted by Gasteiger charge is 2.00. The summed E-state index contributed by atoms with van der Waals surface area (Å²) in [6.45, 7) is 0. The van der Waals surface area contributed by atoms with Gasteiger partial charge >= 0.3 is 5.97 Å². The first-order valence-electron chi connectivity index (χ1n) is 3.83. The number of benzene rings is 1. The van der Waals surface area contributed by atoms with Crippen LogP contribution in [0, 0.1) is 0 Å². The molecular weight excluding hydrogens is 188 g/mol. The number of carboxylic acid groups (broad SMARTS) is 1. The van der Waals surface area contributed by atoms with Gasteiger partial charge < -0.3 is 5.11 Å². The minimum atomic E-state index is -1.09. The molecule has 0 aromatic heterocycles. The summed E-state index contributed by atoms with van der Waals surface area (Å²) < 4.78 is 0. The van der Waals surface area contributed by atoms with Crippen molar-refractivity contribution in [2.75, 3.05) is 0 Å². The van der Waals surface area contributed by atoms with Gasteiger partial charge in [-0.05, 0) is 12.0 Å². The minimum Gasteiger partial charge on any atom is -0.477 e. The SMILES string of the molecule is O=C(O)/C(Cl)=C/Cc1ccccc1. The smallest absolute Gasteiger partial charge is 0.346 e. The maximum Gasteiger partial charge on any atom is 0.346 e. The molecule has 0 bridgehead atoms. The first kappa shape index (κ1) is 9.81. The van der Waals surface area contributed by atoms with E-state index in [1.54, 1.807) is 0 Å². The molecule has 1 aromatic carbocycles. The Hall–Kier alpha value is -1.28. The van der Waals surface area contributed by atoms with E-state index in [4.69, 9.17) is 16.7 Å². The molecule has 1 aromatic rings. The average molecular weight is 197 g/mol. The van der Waals surface area contributed by atoms with Crippen molar-refractivity contribution in [2.24, 2.45) is 0 Å². The van der Waals surface area contributed by atoms with Gasteiger partial charge in [-0.2, -0.15) is 0 Å². The Morgan fingerprint density at radius 2 is 2.00 bits per heavy atom. The number of aliphatic carboxylic acids is 1. The van der Waals surface area contributed by atoms with Gasteiger partial charge in [0.1, 0.15) is 5.03 Å². The number of carboxylic acids is 1. The van der Waals surface area contributed by atoms with E-state index in [0.29, 0.717) is 6.42 Å². The van der Waals surface area contributed by atoms with Crippen molar-refractivity contribution in [3.8, 4) is 0 Å². The Labute approximate surface area is 81.5 Å². The average Bonchev–Trinajstić information content (AvgIpc) is 2.15. The van der Waals surface area contributed by atoms with Crippen LogP contribution in [0.3, 0.4) is 0 Å². The van der Waals surface area contributed by atoms with Gasteiger partial charge in [0.15, 0.2) is 0 Å². The molecule has 3 heteroatoms. The maximum absolute atomic E-state index is 10.3. The Kier molecular flexibility index (Phi) is 3.53. The molecule has 0 radical (unpaired) electrons. The van der Waals surface area contributed by atoms with Gasteiger partial charge in [0.05, 0.1) is 0 Å². The number of hydrogen-bond donors (Lipinski definition) is 1. The van der Waals surface area contributed by atoms with Crippen LogP contribution in [-0.4, -0.2) is 11.1 Å². The van der Waals surface area contributed by atoms with Crippen LogP contribution in [0.4, 0.5) is 0 Å². The summed E-state index contributed by atoms with van der Waals surface area (Å²) in [6, 6.07) is 9.55. The fourth-order valence-corrected chi connectivity index (χ4v) is 0.986. The van der Waals surface area contributed by atoms with Crippen LogP contribution in [0.2, 0.25) is 0 Å². The van der Waals surface area contributed by atoms with Crippen LogP contribution in [0.1, 0.15) is 5.56 Å². The van der Waals surface area contributed by atoms with E-state index in [0.717, 1.165) is 5.56 Å². The Morgan fingerprint density at radius 3 is 2.54 bits per heavy atom. The third-order valence-corrected chi connectivity index (χ3v) is 1.88. The molecule has 0 fully saturated rings. The zero-order valence-electron chi connectivity index (χ0n) is 6.90. The molecule has 0 saturated carbocycles. The first-order valence-corrected chi connectivity index (χ1v) is 4.21. The molecule has 0 saturated heterocycles. The second kappa shape index (κ2) is 4.67. The zero-order valence-corrected chi connectivity index (χ0v) is 7.66. The largest absolute Gasteiger partial charge is 0.477 e. The standard InChI is InChI=1S/C10H9ClO2/c11-9(10(12)13)7-6-8-4-2-1-3-5-8/h1-5,7H,6H2,(H,12,13)/b9-7-. The highest BCUT2D eigenvalue weighted by atomic mass is 35.5. The van der Waals surface area contributed by atoms with Crippen molar-refractivity contribution in [3.05, 3.63) is 47.0 Å². The van der Waals surface area contributed by atoms with Gasteiger partial charge in [0.2, 0.25) is 0 Å². The van der Waals surface area contributed by atoms with Crippen molar-refractivity contribution in [1.82, 2.24) is 0 Å². The highest BCUT2D eigenvalue weighted by Crippen LogP contribution is 2.06. The molecule has 0 amide bonds. The summed E-state index contributed by atoms with van der Waals surface area (Å²) in [6.07, 6.45) is 2.03. The first-order chi connectivity index (χ1) is 6.20. The lowest BCUT2D eigenvalue weighted by Crippen LogP contribution is -1.94. The molecular formula is C10H9ClO2. The van der Waals surface area contributed by atoms with Crippen LogP contribution in [0.5, 0.6) is 0 Å². The lowest BCUT2D eigenvalue weighted by atomic mass is 10.1. The van der Waals surface area contributed by atoms with E-state index in [2.05, 4.69) is 0 Å². The summed E-state index contributed by atoms with van der Waals surface area (Å²) in [5.41, 5.74) is 1.04. The zero-order chi connectivity index (χ0) is 9.68. The second-order valence-electron chi connectivity index (χ2n) is 2.55. The summed E-state index contributed by atoms with van der Waals surface area (Å²) >= 11 is 5.43. The third kappa shape index (κ3) is 3.30. The predicted molar refractivity (Wildman–Crippen MR) is 51.7 cm³/mol. The van der Waals surface area contributed by atoms with Crippen LogP contribution in [0.15, 0.2) is 41.4 Å². The fourth-order valence-electron chi connectivity index (χ4n) is 0.909. The summed E-state index contributed by atoms with van der Waals surface area (Å²) in [5, 5.41) is 8.32. The molecule has 1 rings (SSSR count). The lowest BCUT2D eigenvalue weighted by molar-refractivity contribution is -0.131. The van der Waals surface area contributed by atoms with Gasteiger partial charge in [-0.15, -0.1) is 0 Å². The van der Waals surface area contributed by atoms with E-state index < -0.39 is 5.97 Å². The van der Waals surface area contributed by atoms with E-state index >= 15 is 0 Å². The summed E-state index contributed by atoms with van der Waals surface area (Å²) in [4.78, 5) is 10.3. The van der Waals surface area contributed by atoms with Crippen molar-refractivity contribution in [3.63, 3.8) is 0 Å². The second-order valence-corrected chi connectivity index (χ2v) is 2.95. The minimum absolute atomic E-state index is 0.135. The molecule has 13 heavy (non-hydrogen) atoms. The van der Waals surface area contributed by atoms with Crippen LogP contribution in [-0.2, 0) is 11.2 Å². The Morgan fingerprint density at radius 1 is 1.38 bits per heavy atom. The Bertz CT molecular complexity index is 317. The van der Waals surface area contributed by atoms with Gasteiger partial charge in [0.25, 0.3) is 0 Å². The summed E-state index contributed by atoms with van der Waals surface area (Å²) in [7, 11) is 0. The molecule has 2 nitrogen and oxygen atoms in total. The quantitative estimate of drug-likeness (QED) is 0.754. The number of rotatable bonds is 3. The predicted octanol–water partition coefficient (Wildman–Crippen LogP) is 2.44. The van der Waals surface area contributed by atoms with Gasteiger partial charge in [-0.25, -0.2) is 4.79 Å². The molecule has 0 unspecified atom stereocenters. The van der Waals surface area contributed by atoms with E-state index in [1.807, 2.05) is 30.3 Å². The number of carbonyl (C=O) groups is 1. The normalized spacial score (nSPS) is 11.3. The van der Waals surface area contributed by atoms with Gasteiger partial charge in [0, 0.05) is 0 Å². The molecule has 0 aliphatic rings. The number of allylic oxidation sites excluding steroid dienone is 1. The van der Waals surface area contributed by atoms with Gasteiger partial charge in [-0.3, -0.25) is 0 Å². The van der Waals surface area contributed by atoms with Crippen molar-refractivity contribution in [1.29, 1.82) is 0 Å². The Balaban J connectivity index is 2.62. The molecule has 0 atom stereocenters. The molecule has 0 heterocycles. The number of halogens is 1. The molecule has 0 spiro atoms. The third-order valence-electron chi connectivity index (χ3n) is 1.56. The fraction of sp³-hybridized carbons (Fsp3) is 0.100. The van der Waals surface area contributed by atoms with E-state index in [9.17, 15) is 4.79 Å². The van der Waals surface area contributed by atoms with Crippen molar-refractivity contribution >= 4 is 17.6 Å². The van der Waals surface area contributed by atoms with Gasteiger partial charge in [-0.1, -0.05) is 48.0 Å². The molecule has 68 valence electrons. The number of hydrogen-bond acceptors (Lipinski definition) is 1. The van der Waals surface area contributed by atoms with Crippen molar-refractivity contribution in [2.45, 2.75) is 6.42 Å². The summed E-state index contributed by atoms with van der Waals surface area (Å²) in [5.74, 6) is -1.09. The molecule has 0 aliphatic carbocycles. The molecule has 1 N–H and O–H groups in total. The van der Waals surface area contributed by atoms with Crippen LogP contribution < -0.4 is 0 Å². The van der Waals surface area contributed by atoms with Crippen LogP contribution in [0.25, 0.3) is 0 Å². The monoisotopic (exact) mass is 196 g/mol. The lowest BCUT2D eigenvalue weighted by Gasteiger charge is -1.94. The van der Waals surface area contributed by atoms with Crippen molar-refractivity contribution < 1.29 is 9.90 Å². The van der Waals surface area contributed by atoms with Crippen LogP contribution >= 0.6 is 11.6 Å². The van der Waals surface area contributed by atoms with E-state index in [-0.39, 0.29) is 5.03 Å².